The summed E-state index contributed by atoms with van der Waals surface area (Å²) in [4.78, 5) is 29.1. The molecule has 0 aromatic carbocycles. The maximum absolute atomic E-state index is 4.91. The van der Waals surface area contributed by atoms with Crippen LogP contribution in [-0.4, -0.2) is 9.97 Å². The molecular weight excluding hydrogens is 832 g/mol. The van der Waals surface area contributed by atoms with Crippen molar-refractivity contribution in [3.63, 3.8) is 0 Å². The average Bonchev–Trinajstić information content (AvgIpc) is 4.01. The molecule has 0 aliphatic carbocycles. The Hall–Kier alpha value is -3.89. The SMILES string of the molecule is CCc1c[n-]c(C(C)(c2ccccn2)c2[n-]cc(CC)c2CC)c1CC.CCc1c[n-]c(C(C)(c2ccccn2)c2[n-]cc(CC)c2CC)c1CC.[Pt+4]. The van der Waals surface area contributed by atoms with Crippen LogP contribution >= 0.6 is 0 Å². The van der Waals surface area contributed by atoms with Crippen LogP contribution in [0.2, 0.25) is 0 Å². The third-order valence-corrected chi connectivity index (χ3v) is 11.3. The van der Waals surface area contributed by atoms with E-state index in [1.807, 2.05) is 49.3 Å². The van der Waals surface area contributed by atoms with Crippen molar-refractivity contribution < 1.29 is 21.1 Å². The third kappa shape index (κ3) is 7.59. The van der Waals surface area contributed by atoms with Crippen LogP contribution in [0.1, 0.15) is 148 Å². The fourth-order valence-electron chi connectivity index (χ4n) is 8.35. The van der Waals surface area contributed by atoms with Crippen molar-refractivity contribution in [3.05, 3.63) is 152 Å². The van der Waals surface area contributed by atoms with E-state index in [-0.39, 0.29) is 21.1 Å². The van der Waals surface area contributed by atoms with Gasteiger partial charge in [-0.15, -0.1) is 22.8 Å². The number of nitrogens with zero attached hydrogens (tertiary/aromatic N) is 6. The van der Waals surface area contributed by atoms with Crippen LogP contribution in [0.4, 0.5) is 0 Å². The van der Waals surface area contributed by atoms with Crippen LogP contribution in [0.15, 0.2) is 73.6 Å². The molecule has 0 spiro atoms. The van der Waals surface area contributed by atoms with Gasteiger partial charge in [0.1, 0.15) is 0 Å². The first-order valence-corrected chi connectivity index (χ1v) is 19.6. The molecule has 0 N–H and O–H groups in total. The fourth-order valence-corrected chi connectivity index (χ4v) is 8.35. The van der Waals surface area contributed by atoms with Gasteiger partial charge in [0.15, 0.2) is 0 Å². The van der Waals surface area contributed by atoms with Crippen molar-refractivity contribution in [2.45, 2.75) is 131 Å². The monoisotopic (exact) mass is 889 g/mol. The van der Waals surface area contributed by atoms with Crippen LogP contribution in [-0.2, 0) is 83.3 Å². The maximum Gasteiger partial charge on any atom is 4.00 e. The molecule has 6 aromatic heterocycles. The molecule has 0 saturated carbocycles. The van der Waals surface area contributed by atoms with Gasteiger partial charge >= 0.3 is 21.1 Å². The summed E-state index contributed by atoms with van der Waals surface area (Å²) in [6.45, 7) is 22.2. The summed E-state index contributed by atoms with van der Waals surface area (Å²) in [5.74, 6) is 0. The van der Waals surface area contributed by atoms with Gasteiger partial charge in [-0.3, -0.25) is 9.97 Å². The molecule has 0 radical (unpaired) electrons. The van der Waals surface area contributed by atoms with Gasteiger partial charge in [-0.25, -0.2) is 0 Å². The summed E-state index contributed by atoms with van der Waals surface area (Å²) in [6, 6.07) is 12.3. The van der Waals surface area contributed by atoms with E-state index >= 15 is 0 Å². The predicted octanol–water partition coefficient (Wildman–Crippen LogP) is 9.20. The van der Waals surface area contributed by atoms with Crippen molar-refractivity contribution >= 4 is 0 Å². The number of hydrogen-bond donors (Lipinski definition) is 0. The topological polar surface area (TPSA) is 82.2 Å². The van der Waals surface area contributed by atoms with E-state index in [9.17, 15) is 0 Å². The summed E-state index contributed by atoms with van der Waals surface area (Å²) >= 11 is 0. The minimum atomic E-state index is -0.432. The number of aryl methyl sites for hydroxylation is 4. The van der Waals surface area contributed by atoms with Crippen LogP contribution in [0, 0.1) is 0 Å². The van der Waals surface area contributed by atoms with Gasteiger partial charge in [-0.05, 0) is 89.5 Å². The Labute approximate surface area is 333 Å². The molecule has 0 amide bonds. The summed E-state index contributed by atoms with van der Waals surface area (Å²) in [6.07, 6.45) is 19.9. The van der Waals surface area contributed by atoms with E-state index in [1.165, 1.54) is 44.5 Å². The summed E-state index contributed by atoms with van der Waals surface area (Å²) in [5, 5.41) is 0. The quantitative estimate of drug-likeness (QED) is 0.109. The minimum Gasteiger partial charge on any atom is -0.666 e. The Kier molecular flexibility index (Phi) is 14.6. The van der Waals surface area contributed by atoms with Crippen molar-refractivity contribution in [1.82, 2.24) is 29.9 Å². The zero-order chi connectivity index (χ0) is 37.5. The zero-order valence-electron chi connectivity index (χ0n) is 33.6. The summed E-state index contributed by atoms with van der Waals surface area (Å²) in [5.41, 5.74) is 16.4. The van der Waals surface area contributed by atoms with Gasteiger partial charge in [0, 0.05) is 23.2 Å². The van der Waals surface area contributed by atoms with E-state index in [0.29, 0.717) is 0 Å². The Morgan fingerprint density at radius 3 is 0.868 bits per heavy atom. The number of hydrogen-bond acceptors (Lipinski definition) is 2. The molecular formula is C46H58N6Pt. The maximum atomic E-state index is 4.91. The molecule has 0 bridgehead atoms. The normalized spacial score (nSPS) is 11.7. The standard InChI is InChI=1S/2C23H29N3.Pt/c2*1-6-16-14-25-21(18(16)8-3)23(5,20-12-10-11-13-24-20)22-19(9-4)17(7-2)15-26-22;/h2*10-15H,6-9H2,1-5H3;/q2*-2;+4. The van der Waals surface area contributed by atoms with Crippen LogP contribution in [0.3, 0.4) is 0 Å². The molecule has 0 aliphatic rings. The minimum absolute atomic E-state index is 0. The van der Waals surface area contributed by atoms with Gasteiger partial charge in [0.05, 0.1) is 11.4 Å². The molecule has 6 heterocycles. The largest absolute Gasteiger partial charge is 4.00 e. The molecule has 6 rings (SSSR count). The third-order valence-electron chi connectivity index (χ3n) is 11.3. The zero-order valence-corrected chi connectivity index (χ0v) is 35.9. The molecule has 0 saturated heterocycles. The van der Waals surface area contributed by atoms with Crippen molar-refractivity contribution in [3.8, 4) is 0 Å². The van der Waals surface area contributed by atoms with Crippen LogP contribution < -0.4 is 19.9 Å². The van der Waals surface area contributed by atoms with Gasteiger partial charge in [-0.1, -0.05) is 112 Å². The van der Waals surface area contributed by atoms with Crippen LogP contribution in [0.25, 0.3) is 0 Å². The Morgan fingerprint density at radius 1 is 0.415 bits per heavy atom. The second-order valence-corrected chi connectivity index (χ2v) is 14.0. The van der Waals surface area contributed by atoms with E-state index < -0.39 is 10.8 Å². The van der Waals surface area contributed by atoms with E-state index in [0.717, 1.165) is 85.5 Å². The Balaban J connectivity index is 0.000000232. The van der Waals surface area contributed by atoms with E-state index in [4.69, 9.17) is 29.9 Å². The number of rotatable bonds is 14. The summed E-state index contributed by atoms with van der Waals surface area (Å²) < 4.78 is 0. The number of aromatic nitrogens is 6. The van der Waals surface area contributed by atoms with E-state index in [1.54, 1.807) is 0 Å². The molecule has 282 valence electrons. The fraction of sp³-hybridized carbons (Fsp3) is 0.435. The van der Waals surface area contributed by atoms with Gasteiger partial charge in [0.25, 0.3) is 0 Å². The predicted molar refractivity (Wildman–Crippen MR) is 214 cm³/mol. The summed E-state index contributed by atoms with van der Waals surface area (Å²) in [7, 11) is 0. The molecule has 6 aromatic rings. The second-order valence-electron chi connectivity index (χ2n) is 14.0. The molecule has 0 atom stereocenters. The van der Waals surface area contributed by atoms with Gasteiger partial charge in [0.2, 0.25) is 0 Å². The van der Waals surface area contributed by atoms with Crippen molar-refractivity contribution in [2.75, 3.05) is 0 Å². The Bertz CT molecular complexity index is 1760. The first kappa shape index (κ1) is 41.9. The molecule has 0 aliphatic heterocycles. The van der Waals surface area contributed by atoms with Gasteiger partial charge in [-0.2, -0.15) is 24.8 Å². The van der Waals surface area contributed by atoms with Gasteiger partial charge < -0.3 is 19.9 Å². The Morgan fingerprint density at radius 2 is 0.679 bits per heavy atom. The molecule has 53 heavy (non-hydrogen) atoms. The first-order chi connectivity index (χ1) is 25.2. The molecule has 6 nitrogen and oxygen atoms in total. The first-order valence-electron chi connectivity index (χ1n) is 19.6. The van der Waals surface area contributed by atoms with E-state index in [2.05, 4.69) is 93.5 Å². The number of pyridine rings is 2. The van der Waals surface area contributed by atoms with Crippen molar-refractivity contribution in [2.24, 2.45) is 0 Å². The van der Waals surface area contributed by atoms with Crippen LogP contribution in [0.5, 0.6) is 0 Å². The average molecular weight is 890 g/mol. The molecule has 0 unspecified atom stereocenters. The molecule has 7 heteroatoms. The second kappa shape index (κ2) is 18.4. The van der Waals surface area contributed by atoms with Crippen molar-refractivity contribution in [1.29, 1.82) is 0 Å². The smallest absolute Gasteiger partial charge is 0.666 e. The molecule has 0 fully saturated rings.